The van der Waals surface area contributed by atoms with Gasteiger partial charge >= 0.3 is 12.2 Å². The molecule has 0 aromatic carbocycles. The largest absolute Gasteiger partial charge is 0.509 e. The standard InChI is InChI=1S/C15H21N3O4S/c1-10(12-17-11(2)8-23-12)7-16-13(19)18-5-3-15(4-6-18)9-21-14(20)22-15/h8,10H,3-7,9H2,1-2H3,(H,16,19). The van der Waals surface area contributed by atoms with Crippen LogP contribution >= 0.6 is 11.3 Å². The number of amides is 2. The van der Waals surface area contributed by atoms with Gasteiger partial charge in [-0.05, 0) is 6.92 Å². The lowest BCUT2D eigenvalue weighted by Gasteiger charge is -2.36. The topological polar surface area (TPSA) is 80.8 Å². The van der Waals surface area contributed by atoms with Crippen LogP contribution in [0.15, 0.2) is 5.38 Å². The number of hydrogen-bond acceptors (Lipinski definition) is 6. The lowest BCUT2D eigenvalue weighted by Crippen LogP contribution is -2.51. The number of likely N-dealkylation sites (tertiary alicyclic amines) is 1. The van der Waals surface area contributed by atoms with E-state index in [0.717, 1.165) is 10.7 Å². The minimum Gasteiger partial charge on any atom is -0.430 e. The molecular formula is C15H21N3O4S. The molecule has 1 aromatic rings. The smallest absolute Gasteiger partial charge is 0.430 e. The summed E-state index contributed by atoms with van der Waals surface area (Å²) in [7, 11) is 0. The number of carbonyl (C=O) groups is 2. The maximum Gasteiger partial charge on any atom is 0.509 e. The molecule has 8 heteroatoms. The van der Waals surface area contributed by atoms with E-state index in [-0.39, 0.29) is 11.9 Å². The third kappa shape index (κ3) is 3.57. The van der Waals surface area contributed by atoms with Gasteiger partial charge in [0.25, 0.3) is 0 Å². The molecule has 1 spiro atoms. The fourth-order valence-electron chi connectivity index (χ4n) is 2.83. The molecule has 2 aliphatic heterocycles. The zero-order valence-electron chi connectivity index (χ0n) is 13.3. The van der Waals surface area contributed by atoms with Crippen LogP contribution in [0.3, 0.4) is 0 Å². The molecule has 1 unspecified atom stereocenters. The van der Waals surface area contributed by atoms with Crippen molar-refractivity contribution in [3.63, 3.8) is 0 Å². The highest BCUT2D eigenvalue weighted by atomic mass is 32.1. The van der Waals surface area contributed by atoms with E-state index in [4.69, 9.17) is 9.47 Å². The molecule has 2 saturated heterocycles. The number of urea groups is 1. The minimum absolute atomic E-state index is 0.0785. The van der Waals surface area contributed by atoms with Crippen LogP contribution in [0.1, 0.15) is 36.4 Å². The van der Waals surface area contributed by atoms with Gasteiger partial charge in [0.05, 0.1) is 5.01 Å². The minimum atomic E-state index is -0.601. The molecular weight excluding hydrogens is 318 g/mol. The van der Waals surface area contributed by atoms with Crippen LogP contribution in [0.5, 0.6) is 0 Å². The van der Waals surface area contributed by atoms with E-state index >= 15 is 0 Å². The Morgan fingerprint density at radius 1 is 1.52 bits per heavy atom. The Morgan fingerprint density at radius 3 is 2.83 bits per heavy atom. The molecule has 3 heterocycles. The molecule has 0 radical (unpaired) electrons. The van der Waals surface area contributed by atoms with E-state index < -0.39 is 11.8 Å². The summed E-state index contributed by atoms with van der Waals surface area (Å²) in [5.74, 6) is 0.193. The molecule has 2 amide bonds. The van der Waals surface area contributed by atoms with Crippen molar-refractivity contribution in [3.8, 4) is 0 Å². The van der Waals surface area contributed by atoms with Crippen LogP contribution in [0, 0.1) is 6.92 Å². The second-order valence-electron chi connectivity index (χ2n) is 6.23. The lowest BCUT2D eigenvalue weighted by molar-refractivity contribution is 0.00936. The van der Waals surface area contributed by atoms with E-state index in [1.54, 1.807) is 16.2 Å². The van der Waals surface area contributed by atoms with Gasteiger partial charge in [0.1, 0.15) is 6.61 Å². The number of piperidine rings is 1. The Hall–Kier alpha value is -1.83. The van der Waals surface area contributed by atoms with Crippen LogP contribution in [-0.4, -0.2) is 53.9 Å². The van der Waals surface area contributed by atoms with Crippen LogP contribution < -0.4 is 5.32 Å². The van der Waals surface area contributed by atoms with Gasteiger partial charge in [-0.15, -0.1) is 11.3 Å². The fraction of sp³-hybridized carbons (Fsp3) is 0.667. The van der Waals surface area contributed by atoms with Crippen molar-refractivity contribution in [2.75, 3.05) is 26.2 Å². The Bertz CT molecular complexity index is 595. The van der Waals surface area contributed by atoms with Gasteiger partial charge in [-0.2, -0.15) is 0 Å². The number of thiazole rings is 1. The van der Waals surface area contributed by atoms with E-state index in [1.165, 1.54) is 0 Å². The van der Waals surface area contributed by atoms with Crippen molar-refractivity contribution >= 4 is 23.5 Å². The molecule has 0 aliphatic carbocycles. The number of cyclic esters (lactones) is 1. The van der Waals surface area contributed by atoms with Crippen LogP contribution in [-0.2, 0) is 9.47 Å². The molecule has 7 nitrogen and oxygen atoms in total. The van der Waals surface area contributed by atoms with Gasteiger partial charge < -0.3 is 19.7 Å². The van der Waals surface area contributed by atoms with Crippen molar-refractivity contribution in [2.45, 2.75) is 38.2 Å². The average Bonchev–Trinajstić information content (AvgIpc) is 3.12. The Labute approximate surface area is 139 Å². The second kappa shape index (κ2) is 6.35. The summed E-state index contributed by atoms with van der Waals surface area (Å²) < 4.78 is 10.1. The lowest BCUT2D eigenvalue weighted by atomic mass is 9.92. The van der Waals surface area contributed by atoms with Gasteiger partial charge in [0.2, 0.25) is 0 Å². The van der Waals surface area contributed by atoms with E-state index in [9.17, 15) is 9.59 Å². The summed E-state index contributed by atoms with van der Waals surface area (Å²) >= 11 is 1.62. The van der Waals surface area contributed by atoms with Crippen molar-refractivity contribution in [1.29, 1.82) is 0 Å². The molecule has 1 atom stereocenters. The predicted molar refractivity (Wildman–Crippen MR) is 84.6 cm³/mol. The number of nitrogens with one attached hydrogen (secondary N) is 1. The number of hydrogen-bond donors (Lipinski definition) is 1. The first-order chi connectivity index (χ1) is 11.0. The highest BCUT2D eigenvalue weighted by Gasteiger charge is 2.45. The summed E-state index contributed by atoms with van der Waals surface area (Å²) in [5, 5.41) is 6.02. The average molecular weight is 339 g/mol. The van der Waals surface area contributed by atoms with E-state index in [1.807, 2.05) is 12.3 Å². The van der Waals surface area contributed by atoms with Crippen molar-refractivity contribution < 1.29 is 19.1 Å². The van der Waals surface area contributed by atoms with Gasteiger partial charge in [-0.25, -0.2) is 14.6 Å². The molecule has 3 rings (SSSR count). The summed E-state index contributed by atoms with van der Waals surface area (Å²) in [4.78, 5) is 29.6. The zero-order chi connectivity index (χ0) is 16.4. The number of ether oxygens (including phenoxy) is 2. The highest BCUT2D eigenvalue weighted by molar-refractivity contribution is 7.09. The third-order valence-corrected chi connectivity index (χ3v) is 5.53. The quantitative estimate of drug-likeness (QED) is 0.855. The monoisotopic (exact) mass is 339 g/mol. The Morgan fingerprint density at radius 2 is 2.26 bits per heavy atom. The third-order valence-electron chi connectivity index (χ3n) is 4.33. The normalized spacial score (nSPS) is 21.0. The van der Waals surface area contributed by atoms with Gasteiger partial charge in [0.15, 0.2) is 5.60 Å². The molecule has 0 bridgehead atoms. The van der Waals surface area contributed by atoms with Crippen LogP contribution in [0.4, 0.5) is 9.59 Å². The molecule has 2 fully saturated rings. The Kier molecular flexibility index (Phi) is 4.43. The number of carbonyl (C=O) groups excluding carboxylic acids is 2. The first-order valence-electron chi connectivity index (χ1n) is 7.78. The number of aryl methyl sites for hydroxylation is 1. The Balaban J connectivity index is 1.45. The van der Waals surface area contributed by atoms with Crippen molar-refractivity contribution in [2.24, 2.45) is 0 Å². The van der Waals surface area contributed by atoms with E-state index in [0.29, 0.717) is 39.1 Å². The SMILES string of the molecule is Cc1csc(C(C)CNC(=O)N2CCC3(CC2)COC(=O)O3)n1. The first kappa shape index (κ1) is 16.0. The first-order valence-corrected chi connectivity index (χ1v) is 8.66. The summed E-state index contributed by atoms with van der Waals surface area (Å²) in [6, 6.07) is -0.0785. The fourth-order valence-corrected chi connectivity index (χ4v) is 3.68. The maximum absolute atomic E-state index is 12.3. The zero-order valence-corrected chi connectivity index (χ0v) is 14.1. The molecule has 0 saturated carbocycles. The summed E-state index contributed by atoms with van der Waals surface area (Å²) in [5.41, 5.74) is 0.484. The van der Waals surface area contributed by atoms with Crippen LogP contribution in [0.2, 0.25) is 0 Å². The van der Waals surface area contributed by atoms with E-state index in [2.05, 4.69) is 17.2 Å². The number of rotatable bonds is 3. The predicted octanol–water partition coefficient (Wildman–Crippen LogP) is 2.27. The highest BCUT2D eigenvalue weighted by Crippen LogP contribution is 2.31. The molecule has 1 N–H and O–H groups in total. The molecule has 126 valence electrons. The number of aromatic nitrogens is 1. The van der Waals surface area contributed by atoms with Crippen LogP contribution in [0.25, 0.3) is 0 Å². The maximum atomic E-state index is 12.3. The van der Waals surface area contributed by atoms with Crippen molar-refractivity contribution in [3.05, 3.63) is 16.1 Å². The van der Waals surface area contributed by atoms with Gasteiger partial charge in [-0.3, -0.25) is 0 Å². The molecule has 1 aromatic heterocycles. The number of nitrogens with zero attached hydrogens (tertiary/aromatic N) is 2. The second-order valence-corrected chi connectivity index (χ2v) is 7.11. The summed E-state index contributed by atoms with van der Waals surface area (Å²) in [6.07, 6.45) is 0.635. The van der Waals surface area contributed by atoms with Gasteiger partial charge in [0, 0.05) is 49.5 Å². The molecule has 2 aliphatic rings. The van der Waals surface area contributed by atoms with Crippen molar-refractivity contribution in [1.82, 2.24) is 15.2 Å². The summed E-state index contributed by atoms with van der Waals surface area (Å²) in [6.45, 7) is 6.00. The van der Waals surface area contributed by atoms with Gasteiger partial charge in [-0.1, -0.05) is 6.92 Å². The molecule has 23 heavy (non-hydrogen) atoms.